The maximum absolute atomic E-state index is 11.9. The van der Waals surface area contributed by atoms with E-state index in [9.17, 15) is 9.59 Å². The zero-order valence-electron chi connectivity index (χ0n) is 11.3. The van der Waals surface area contributed by atoms with Crippen molar-refractivity contribution in [2.45, 2.75) is 13.8 Å². The number of hydrogen-bond acceptors (Lipinski definition) is 4. The molecule has 0 bridgehead atoms. The van der Waals surface area contributed by atoms with Gasteiger partial charge in [0.1, 0.15) is 0 Å². The third-order valence-electron chi connectivity index (χ3n) is 2.74. The van der Waals surface area contributed by atoms with Gasteiger partial charge >= 0.3 is 0 Å². The van der Waals surface area contributed by atoms with Crippen LogP contribution in [0.2, 0.25) is 0 Å². The van der Waals surface area contributed by atoms with Crippen molar-refractivity contribution in [2.75, 3.05) is 19.0 Å². The van der Waals surface area contributed by atoms with E-state index in [1.165, 1.54) is 0 Å². The van der Waals surface area contributed by atoms with E-state index >= 15 is 0 Å². The van der Waals surface area contributed by atoms with Crippen LogP contribution in [0.5, 0.6) is 0 Å². The summed E-state index contributed by atoms with van der Waals surface area (Å²) in [5.41, 5.74) is 4.76. The highest BCUT2D eigenvalue weighted by atomic mass is 16.3. The van der Waals surface area contributed by atoms with Crippen LogP contribution in [0.25, 0.3) is 0 Å². The molecule has 0 aliphatic heterocycles. The van der Waals surface area contributed by atoms with E-state index in [1.54, 1.807) is 45.2 Å². The first-order chi connectivity index (χ1) is 8.92. The van der Waals surface area contributed by atoms with Gasteiger partial charge in [-0.15, -0.1) is 0 Å². The lowest BCUT2D eigenvalue weighted by molar-refractivity contribution is -0.132. The first-order valence-electron chi connectivity index (χ1n) is 5.91. The van der Waals surface area contributed by atoms with Crippen molar-refractivity contribution in [3.63, 3.8) is 0 Å². The number of aliphatic hydroxyl groups excluding tert-OH is 1. The molecular formula is C13H19N3O3. The highest BCUT2D eigenvalue weighted by molar-refractivity contribution is 6.00. The van der Waals surface area contributed by atoms with Gasteiger partial charge in [-0.25, -0.2) is 0 Å². The number of rotatable bonds is 4. The molecular weight excluding hydrogens is 246 g/mol. The van der Waals surface area contributed by atoms with Gasteiger partial charge in [-0.2, -0.15) is 0 Å². The minimum Gasteiger partial charge on any atom is -0.395 e. The van der Waals surface area contributed by atoms with E-state index in [0.29, 0.717) is 11.3 Å². The Hall–Kier alpha value is -2.08. The molecule has 0 fully saturated rings. The van der Waals surface area contributed by atoms with Crippen LogP contribution in [-0.2, 0) is 4.79 Å². The van der Waals surface area contributed by atoms with Crippen LogP contribution in [0.1, 0.15) is 24.2 Å². The Morgan fingerprint density at radius 3 is 2.42 bits per heavy atom. The molecule has 0 aliphatic rings. The van der Waals surface area contributed by atoms with Crippen LogP contribution in [0.4, 0.5) is 5.69 Å². The van der Waals surface area contributed by atoms with E-state index in [2.05, 4.69) is 16.2 Å². The average Bonchev–Trinajstić information content (AvgIpc) is 2.44. The minimum atomic E-state index is -0.949. The summed E-state index contributed by atoms with van der Waals surface area (Å²) in [6.45, 7) is 2.86. The van der Waals surface area contributed by atoms with Gasteiger partial charge in [-0.05, 0) is 26.0 Å². The highest BCUT2D eigenvalue weighted by Gasteiger charge is 2.27. The lowest BCUT2D eigenvalue weighted by atomic mass is 9.94. The maximum Gasteiger partial charge on any atom is 0.271 e. The second kappa shape index (κ2) is 6.19. The Balaban J connectivity index is 2.69. The number of benzene rings is 1. The van der Waals surface area contributed by atoms with Gasteiger partial charge in [0, 0.05) is 12.7 Å². The molecule has 2 amide bonds. The van der Waals surface area contributed by atoms with E-state index in [1.807, 2.05) is 0 Å². The number of carbonyl (C=O) groups is 2. The van der Waals surface area contributed by atoms with Crippen molar-refractivity contribution in [3.05, 3.63) is 29.8 Å². The van der Waals surface area contributed by atoms with Crippen LogP contribution in [-0.4, -0.2) is 30.6 Å². The van der Waals surface area contributed by atoms with Gasteiger partial charge < -0.3 is 10.4 Å². The van der Waals surface area contributed by atoms with Crippen LogP contribution >= 0.6 is 0 Å². The number of nitrogens with one attached hydrogen (secondary N) is 3. The van der Waals surface area contributed by atoms with E-state index in [4.69, 9.17) is 5.11 Å². The fraction of sp³-hybridized carbons (Fsp3) is 0.385. The van der Waals surface area contributed by atoms with Crippen molar-refractivity contribution in [3.8, 4) is 0 Å². The molecule has 0 saturated carbocycles. The smallest absolute Gasteiger partial charge is 0.271 e. The highest BCUT2D eigenvalue weighted by Crippen LogP contribution is 2.14. The predicted molar refractivity (Wildman–Crippen MR) is 72.5 cm³/mol. The lowest BCUT2D eigenvalue weighted by Gasteiger charge is -2.20. The summed E-state index contributed by atoms with van der Waals surface area (Å²) in [6.07, 6.45) is 0. The molecule has 4 N–H and O–H groups in total. The van der Waals surface area contributed by atoms with Gasteiger partial charge in [0.2, 0.25) is 5.91 Å². The molecule has 0 unspecified atom stereocenters. The van der Waals surface area contributed by atoms with Crippen LogP contribution in [0.15, 0.2) is 24.3 Å². The van der Waals surface area contributed by atoms with Crippen LogP contribution in [0.3, 0.4) is 0 Å². The fourth-order valence-electron chi connectivity index (χ4n) is 1.32. The van der Waals surface area contributed by atoms with Gasteiger partial charge in [-0.1, -0.05) is 12.1 Å². The van der Waals surface area contributed by atoms with Gasteiger partial charge in [-0.3, -0.25) is 20.4 Å². The molecule has 0 spiro atoms. The molecule has 0 heterocycles. The average molecular weight is 265 g/mol. The number of anilines is 1. The van der Waals surface area contributed by atoms with E-state index < -0.39 is 17.2 Å². The van der Waals surface area contributed by atoms with Crippen molar-refractivity contribution in [1.29, 1.82) is 0 Å². The summed E-state index contributed by atoms with van der Waals surface area (Å²) in [5, 5.41) is 11.9. The monoisotopic (exact) mass is 265 g/mol. The fourth-order valence-corrected chi connectivity index (χ4v) is 1.32. The number of hydrogen-bond donors (Lipinski definition) is 4. The number of para-hydroxylation sites is 1. The lowest BCUT2D eigenvalue weighted by Crippen LogP contribution is -2.48. The number of carbonyl (C=O) groups excluding carboxylic acids is 2. The van der Waals surface area contributed by atoms with Gasteiger partial charge in [0.15, 0.2) is 0 Å². The zero-order valence-corrected chi connectivity index (χ0v) is 11.3. The second-order valence-corrected chi connectivity index (χ2v) is 4.75. The SMILES string of the molecule is CNc1ccccc1C(=O)NNC(=O)C(C)(C)CO. The van der Waals surface area contributed by atoms with E-state index in [0.717, 1.165) is 0 Å². The first-order valence-corrected chi connectivity index (χ1v) is 5.91. The third kappa shape index (κ3) is 3.69. The number of hydrazine groups is 1. The Bertz CT molecular complexity index is 472. The normalized spacial score (nSPS) is 10.7. The molecule has 104 valence electrons. The quantitative estimate of drug-likeness (QED) is 0.597. The maximum atomic E-state index is 11.9. The number of aliphatic hydroxyl groups is 1. The Kier molecular flexibility index (Phi) is 4.88. The van der Waals surface area contributed by atoms with Crippen molar-refractivity contribution >= 4 is 17.5 Å². The largest absolute Gasteiger partial charge is 0.395 e. The Morgan fingerprint density at radius 1 is 1.21 bits per heavy atom. The second-order valence-electron chi connectivity index (χ2n) is 4.75. The summed E-state index contributed by atoms with van der Waals surface area (Å²) in [6, 6.07) is 6.93. The van der Waals surface area contributed by atoms with Crippen molar-refractivity contribution in [1.82, 2.24) is 10.9 Å². The molecule has 0 atom stereocenters. The predicted octanol–water partition coefficient (Wildman–Crippen LogP) is 0.508. The molecule has 1 rings (SSSR count). The summed E-state index contributed by atoms with van der Waals surface area (Å²) >= 11 is 0. The van der Waals surface area contributed by atoms with Crippen molar-refractivity contribution < 1.29 is 14.7 Å². The third-order valence-corrected chi connectivity index (χ3v) is 2.74. The summed E-state index contributed by atoms with van der Waals surface area (Å²) in [5.74, 6) is -0.877. The molecule has 0 aromatic heterocycles. The van der Waals surface area contributed by atoms with Crippen LogP contribution < -0.4 is 16.2 Å². The zero-order chi connectivity index (χ0) is 14.5. The molecule has 0 radical (unpaired) electrons. The van der Waals surface area contributed by atoms with E-state index in [-0.39, 0.29) is 6.61 Å². The molecule has 0 aliphatic carbocycles. The molecule has 1 aromatic rings. The Labute approximate surface area is 112 Å². The molecule has 0 saturated heterocycles. The number of amides is 2. The standard InChI is InChI=1S/C13H19N3O3/c1-13(2,8-17)12(19)16-15-11(18)9-6-4-5-7-10(9)14-3/h4-7,14,17H,8H2,1-3H3,(H,15,18)(H,16,19). The van der Waals surface area contributed by atoms with Gasteiger partial charge in [0.25, 0.3) is 5.91 Å². The van der Waals surface area contributed by atoms with Gasteiger partial charge in [0.05, 0.1) is 17.6 Å². The molecule has 6 heteroatoms. The Morgan fingerprint density at radius 2 is 1.84 bits per heavy atom. The summed E-state index contributed by atoms with van der Waals surface area (Å²) in [4.78, 5) is 23.6. The minimum absolute atomic E-state index is 0.304. The topological polar surface area (TPSA) is 90.5 Å². The first kappa shape index (κ1) is 15.0. The van der Waals surface area contributed by atoms with Crippen LogP contribution in [0, 0.1) is 5.41 Å². The molecule has 6 nitrogen and oxygen atoms in total. The summed E-state index contributed by atoms with van der Waals surface area (Å²) < 4.78 is 0. The summed E-state index contributed by atoms with van der Waals surface area (Å²) in [7, 11) is 1.71. The molecule has 19 heavy (non-hydrogen) atoms. The molecule has 1 aromatic carbocycles. The van der Waals surface area contributed by atoms with Crippen molar-refractivity contribution in [2.24, 2.45) is 5.41 Å².